The van der Waals surface area contributed by atoms with Crippen molar-refractivity contribution in [3.05, 3.63) is 70.1 Å². The SMILES string of the molecule is CCc1ccc(NC2=C(Cl)C(=O)c3ncccc3C2=O)cc1. The van der Waals surface area contributed by atoms with Gasteiger partial charge in [0.1, 0.15) is 16.4 Å². The normalized spacial score (nSPS) is 14.1. The van der Waals surface area contributed by atoms with Gasteiger partial charge in [-0.25, -0.2) is 0 Å². The van der Waals surface area contributed by atoms with Crippen molar-refractivity contribution in [1.82, 2.24) is 4.98 Å². The van der Waals surface area contributed by atoms with E-state index >= 15 is 0 Å². The molecule has 0 saturated carbocycles. The second-order valence-corrected chi connectivity index (χ2v) is 5.30. The Kier molecular flexibility index (Phi) is 3.77. The summed E-state index contributed by atoms with van der Waals surface area (Å²) in [5.74, 6) is -0.767. The minimum absolute atomic E-state index is 0.0939. The monoisotopic (exact) mass is 312 g/mol. The Hall–Kier alpha value is -2.46. The van der Waals surface area contributed by atoms with Crippen molar-refractivity contribution < 1.29 is 9.59 Å². The number of aryl methyl sites for hydroxylation is 1. The van der Waals surface area contributed by atoms with Crippen molar-refractivity contribution in [2.24, 2.45) is 0 Å². The Morgan fingerprint density at radius 1 is 1.09 bits per heavy atom. The summed E-state index contributed by atoms with van der Waals surface area (Å²) in [6, 6.07) is 10.8. The highest BCUT2D eigenvalue weighted by Gasteiger charge is 2.32. The lowest BCUT2D eigenvalue weighted by molar-refractivity contribution is 0.0978. The van der Waals surface area contributed by atoms with Crippen LogP contribution < -0.4 is 5.32 Å². The smallest absolute Gasteiger partial charge is 0.225 e. The van der Waals surface area contributed by atoms with Crippen molar-refractivity contribution in [3.63, 3.8) is 0 Å². The van der Waals surface area contributed by atoms with E-state index in [9.17, 15) is 9.59 Å². The third-order valence-corrected chi connectivity index (χ3v) is 3.91. The third-order valence-electron chi connectivity index (χ3n) is 3.54. The van der Waals surface area contributed by atoms with Crippen LogP contribution in [0.5, 0.6) is 0 Å². The van der Waals surface area contributed by atoms with Gasteiger partial charge < -0.3 is 5.32 Å². The Bertz CT molecular complexity index is 795. The van der Waals surface area contributed by atoms with Gasteiger partial charge in [0.2, 0.25) is 11.6 Å². The highest BCUT2D eigenvalue weighted by molar-refractivity contribution is 6.50. The predicted molar refractivity (Wildman–Crippen MR) is 85.2 cm³/mol. The van der Waals surface area contributed by atoms with Gasteiger partial charge in [-0.3, -0.25) is 14.6 Å². The molecule has 0 aliphatic heterocycles. The van der Waals surface area contributed by atoms with Gasteiger partial charge in [-0.1, -0.05) is 30.7 Å². The van der Waals surface area contributed by atoms with Crippen LogP contribution in [0.1, 0.15) is 33.3 Å². The summed E-state index contributed by atoms with van der Waals surface area (Å²) >= 11 is 6.07. The molecule has 1 aliphatic rings. The summed E-state index contributed by atoms with van der Waals surface area (Å²) in [5, 5.41) is 2.82. The minimum atomic E-state index is -0.440. The molecular weight excluding hydrogens is 300 g/mol. The number of carbonyl (C=O) groups excluding carboxylic acids is 2. The molecule has 0 radical (unpaired) electrons. The van der Waals surface area contributed by atoms with Gasteiger partial charge in [0.05, 0.1) is 5.56 Å². The molecule has 0 saturated heterocycles. The largest absolute Gasteiger partial charge is 0.351 e. The summed E-state index contributed by atoms with van der Waals surface area (Å²) in [5.41, 5.74) is 2.36. The van der Waals surface area contributed by atoms with E-state index in [1.807, 2.05) is 24.3 Å². The maximum absolute atomic E-state index is 12.5. The maximum atomic E-state index is 12.5. The molecule has 1 aromatic heterocycles. The van der Waals surface area contributed by atoms with Crippen LogP contribution in [0.3, 0.4) is 0 Å². The number of nitrogens with zero attached hydrogens (tertiary/aromatic N) is 1. The summed E-state index contributed by atoms with van der Waals surface area (Å²) in [4.78, 5) is 28.7. The number of aromatic nitrogens is 1. The number of carbonyl (C=O) groups is 2. The molecule has 110 valence electrons. The van der Waals surface area contributed by atoms with Crippen LogP contribution in [0.4, 0.5) is 5.69 Å². The van der Waals surface area contributed by atoms with Crippen LogP contribution in [-0.4, -0.2) is 16.6 Å². The highest BCUT2D eigenvalue weighted by atomic mass is 35.5. The molecule has 22 heavy (non-hydrogen) atoms. The van der Waals surface area contributed by atoms with E-state index in [4.69, 9.17) is 11.6 Å². The number of rotatable bonds is 3. The second-order valence-electron chi connectivity index (χ2n) is 4.92. The number of benzene rings is 1. The zero-order chi connectivity index (χ0) is 15.7. The quantitative estimate of drug-likeness (QED) is 0.941. The predicted octanol–water partition coefficient (Wildman–Crippen LogP) is 3.59. The Balaban J connectivity index is 1.97. The summed E-state index contributed by atoms with van der Waals surface area (Å²) in [6.07, 6.45) is 2.40. The van der Waals surface area contributed by atoms with E-state index in [0.29, 0.717) is 5.69 Å². The number of halogens is 1. The number of allylic oxidation sites excluding steroid dienone is 2. The first-order valence-corrected chi connectivity index (χ1v) is 7.29. The molecule has 0 spiro atoms. The molecule has 0 amide bonds. The number of anilines is 1. The van der Waals surface area contributed by atoms with E-state index < -0.39 is 5.78 Å². The van der Waals surface area contributed by atoms with E-state index in [-0.39, 0.29) is 27.8 Å². The van der Waals surface area contributed by atoms with Crippen molar-refractivity contribution in [2.75, 3.05) is 5.32 Å². The first kappa shape index (κ1) is 14.5. The van der Waals surface area contributed by atoms with Gasteiger partial charge in [-0.05, 0) is 36.2 Å². The van der Waals surface area contributed by atoms with Gasteiger partial charge in [0.15, 0.2) is 0 Å². The van der Waals surface area contributed by atoms with Crippen molar-refractivity contribution in [1.29, 1.82) is 0 Å². The van der Waals surface area contributed by atoms with E-state index in [2.05, 4.69) is 17.2 Å². The Labute approximate surface area is 132 Å². The molecule has 0 atom stereocenters. The number of ketones is 2. The molecule has 3 rings (SSSR count). The fraction of sp³-hybridized carbons (Fsp3) is 0.118. The van der Waals surface area contributed by atoms with Crippen LogP contribution >= 0.6 is 11.6 Å². The molecule has 0 unspecified atom stereocenters. The van der Waals surface area contributed by atoms with Gasteiger partial charge in [-0.2, -0.15) is 0 Å². The lowest BCUT2D eigenvalue weighted by Crippen LogP contribution is -2.25. The standard InChI is InChI=1S/C17H13ClN2O2/c1-2-10-5-7-11(8-6-10)20-15-13(18)17(22)14-12(16(15)21)4-3-9-19-14/h3-9,20H,2H2,1H3. The van der Waals surface area contributed by atoms with Gasteiger partial charge >= 0.3 is 0 Å². The van der Waals surface area contributed by atoms with Crippen molar-refractivity contribution in [2.45, 2.75) is 13.3 Å². The number of hydrogen-bond acceptors (Lipinski definition) is 4. The van der Waals surface area contributed by atoms with Crippen LogP contribution in [-0.2, 0) is 6.42 Å². The van der Waals surface area contributed by atoms with Crippen LogP contribution in [0.2, 0.25) is 0 Å². The fourth-order valence-electron chi connectivity index (χ4n) is 2.30. The number of hydrogen-bond donors (Lipinski definition) is 1. The minimum Gasteiger partial charge on any atom is -0.351 e. The molecule has 0 bridgehead atoms. The zero-order valence-electron chi connectivity index (χ0n) is 11.9. The van der Waals surface area contributed by atoms with E-state index in [0.717, 1.165) is 6.42 Å². The molecule has 2 aromatic rings. The first-order chi connectivity index (χ1) is 10.6. The van der Waals surface area contributed by atoms with Gasteiger partial charge in [0.25, 0.3) is 0 Å². The summed E-state index contributed by atoms with van der Waals surface area (Å²) < 4.78 is 0. The molecule has 4 nitrogen and oxygen atoms in total. The Morgan fingerprint density at radius 3 is 2.50 bits per heavy atom. The maximum Gasteiger partial charge on any atom is 0.225 e. The van der Waals surface area contributed by atoms with Crippen molar-refractivity contribution >= 4 is 28.9 Å². The number of pyridine rings is 1. The Morgan fingerprint density at radius 2 is 1.82 bits per heavy atom. The number of fused-ring (bicyclic) bond motifs is 1. The molecule has 1 heterocycles. The average Bonchev–Trinajstić information content (AvgIpc) is 2.57. The van der Waals surface area contributed by atoms with E-state index in [1.165, 1.54) is 11.8 Å². The van der Waals surface area contributed by atoms with Gasteiger partial charge in [0, 0.05) is 11.9 Å². The molecule has 1 aromatic carbocycles. The molecule has 0 fully saturated rings. The van der Waals surface area contributed by atoms with Crippen molar-refractivity contribution in [3.8, 4) is 0 Å². The molecular formula is C17H13ClN2O2. The fourth-order valence-corrected chi connectivity index (χ4v) is 2.52. The first-order valence-electron chi connectivity index (χ1n) is 6.92. The molecule has 5 heteroatoms. The van der Waals surface area contributed by atoms with Gasteiger partial charge in [-0.15, -0.1) is 0 Å². The van der Waals surface area contributed by atoms with Crippen LogP contribution in [0.25, 0.3) is 0 Å². The third kappa shape index (κ3) is 2.42. The summed E-state index contributed by atoms with van der Waals surface area (Å²) in [7, 11) is 0. The topological polar surface area (TPSA) is 59.1 Å². The summed E-state index contributed by atoms with van der Waals surface area (Å²) in [6.45, 7) is 2.06. The van der Waals surface area contributed by atoms with Crippen LogP contribution in [0.15, 0.2) is 53.3 Å². The molecule has 1 N–H and O–H groups in total. The lowest BCUT2D eigenvalue weighted by atomic mass is 9.96. The molecule has 1 aliphatic carbocycles. The highest BCUT2D eigenvalue weighted by Crippen LogP contribution is 2.28. The van der Waals surface area contributed by atoms with E-state index in [1.54, 1.807) is 12.1 Å². The number of nitrogens with one attached hydrogen (secondary N) is 1. The lowest BCUT2D eigenvalue weighted by Gasteiger charge is -2.18. The zero-order valence-corrected chi connectivity index (χ0v) is 12.6. The number of Topliss-reactive ketones (excluding diaryl/α,β-unsaturated/α-hetero) is 2. The average molecular weight is 313 g/mol. The second kappa shape index (κ2) is 5.73. The van der Waals surface area contributed by atoms with Crippen LogP contribution in [0, 0.1) is 0 Å².